The third-order valence-corrected chi connectivity index (χ3v) is 3.26. The summed E-state index contributed by atoms with van der Waals surface area (Å²) in [7, 11) is 0. The summed E-state index contributed by atoms with van der Waals surface area (Å²) in [6.07, 6.45) is 0.268. The Morgan fingerprint density at radius 1 is 1.38 bits per heavy atom. The summed E-state index contributed by atoms with van der Waals surface area (Å²) in [5.74, 6) is -1.20. The molecule has 0 fully saturated rings. The van der Waals surface area contributed by atoms with Crippen molar-refractivity contribution in [3.8, 4) is 0 Å². The van der Waals surface area contributed by atoms with Crippen molar-refractivity contribution >= 4 is 12.1 Å². The molecule has 1 amide bonds. The molecule has 1 aliphatic rings. The molecule has 2 rings (SSSR count). The number of hydroxylamine groups is 1. The molecule has 7 heteroatoms. The van der Waals surface area contributed by atoms with E-state index in [2.05, 4.69) is 12.1 Å². The number of fused-ring (bicyclic) bond motifs is 1. The van der Waals surface area contributed by atoms with Crippen molar-refractivity contribution in [1.82, 2.24) is 10.4 Å². The lowest BCUT2D eigenvalue weighted by Crippen LogP contribution is -2.47. The van der Waals surface area contributed by atoms with Gasteiger partial charge >= 0.3 is 12.1 Å². The fourth-order valence-electron chi connectivity index (χ4n) is 2.41. The molecule has 1 aromatic rings. The molecule has 0 aromatic heterocycles. The number of benzene rings is 1. The Balaban J connectivity index is 2.37. The van der Waals surface area contributed by atoms with Crippen LogP contribution in [0.25, 0.3) is 0 Å². The molecular formula is C14H16N2O5. The molecule has 0 saturated carbocycles. The summed E-state index contributed by atoms with van der Waals surface area (Å²) in [6.45, 7) is 3.76. The molecule has 7 nitrogen and oxygen atoms in total. The van der Waals surface area contributed by atoms with Crippen LogP contribution in [0.2, 0.25) is 0 Å². The third kappa shape index (κ3) is 3.04. The summed E-state index contributed by atoms with van der Waals surface area (Å²) >= 11 is 0. The second-order valence-electron chi connectivity index (χ2n) is 4.57. The highest BCUT2D eigenvalue weighted by molar-refractivity contribution is 5.82. The summed E-state index contributed by atoms with van der Waals surface area (Å²) in [5, 5.41) is 18.6. The van der Waals surface area contributed by atoms with Crippen molar-refractivity contribution in [2.24, 2.45) is 0 Å². The van der Waals surface area contributed by atoms with Crippen LogP contribution in [0.3, 0.4) is 0 Å². The van der Waals surface area contributed by atoms with Gasteiger partial charge < -0.3 is 10.2 Å². The van der Waals surface area contributed by atoms with E-state index in [1.54, 1.807) is 30.3 Å². The number of hydrogen-bond acceptors (Lipinski definition) is 4. The first-order chi connectivity index (χ1) is 10.1. The molecule has 0 saturated heterocycles. The van der Waals surface area contributed by atoms with Crippen LogP contribution in [-0.4, -0.2) is 40.3 Å². The smallest absolute Gasteiger partial charge is 0.408 e. The number of carboxylic acid groups (broad SMARTS) is 2. The number of nitrogens with one attached hydrogen (secondary N) is 1. The van der Waals surface area contributed by atoms with Gasteiger partial charge in [0.05, 0.1) is 12.6 Å². The average Bonchev–Trinajstić information content (AvgIpc) is 2.46. The lowest BCUT2D eigenvalue weighted by molar-refractivity contribution is -0.143. The van der Waals surface area contributed by atoms with Crippen molar-refractivity contribution in [3.63, 3.8) is 0 Å². The van der Waals surface area contributed by atoms with E-state index < -0.39 is 24.1 Å². The highest BCUT2D eigenvalue weighted by atomic mass is 16.6. The highest BCUT2D eigenvalue weighted by Crippen LogP contribution is 2.35. The van der Waals surface area contributed by atoms with Gasteiger partial charge in [0.25, 0.3) is 0 Å². The fraction of sp³-hybridized carbons (Fsp3) is 0.286. The Kier molecular flexibility index (Phi) is 4.56. The first kappa shape index (κ1) is 15.0. The maximum atomic E-state index is 11.4. The zero-order valence-corrected chi connectivity index (χ0v) is 11.2. The number of amides is 1. The number of nitrogens with zero attached hydrogens (tertiary/aromatic N) is 1. The van der Waals surface area contributed by atoms with Crippen LogP contribution in [0, 0.1) is 0 Å². The van der Waals surface area contributed by atoms with Gasteiger partial charge in [-0.15, -0.1) is 6.58 Å². The van der Waals surface area contributed by atoms with Crippen LogP contribution >= 0.6 is 0 Å². The van der Waals surface area contributed by atoms with E-state index in [4.69, 9.17) is 4.84 Å². The van der Waals surface area contributed by atoms with Gasteiger partial charge in [0.2, 0.25) is 0 Å². The molecule has 0 aliphatic carbocycles. The number of carboxylic acids is 1. The lowest BCUT2D eigenvalue weighted by atomic mass is 9.90. The van der Waals surface area contributed by atoms with Crippen molar-refractivity contribution in [3.05, 3.63) is 48.0 Å². The second-order valence-corrected chi connectivity index (χ2v) is 4.57. The maximum absolute atomic E-state index is 11.4. The van der Waals surface area contributed by atoms with Crippen molar-refractivity contribution in [1.29, 1.82) is 0 Å². The molecule has 0 spiro atoms. The molecule has 21 heavy (non-hydrogen) atoms. The monoisotopic (exact) mass is 292 g/mol. The Bertz CT molecular complexity index is 560. The van der Waals surface area contributed by atoms with E-state index in [1.165, 1.54) is 0 Å². The van der Waals surface area contributed by atoms with Gasteiger partial charge in [-0.05, 0) is 11.1 Å². The van der Waals surface area contributed by atoms with Gasteiger partial charge in [0, 0.05) is 6.54 Å². The molecule has 1 aliphatic heterocycles. The zero-order chi connectivity index (χ0) is 15.4. The Labute approximate surface area is 121 Å². The normalized spacial score (nSPS) is 20.7. The minimum absolute atomic E-state index is 0.0134. The average molecular weight is 292 g/mol. The number of carbonyl (C=O) groups is 2. The predicted octanol–water partition coefficient (Wildman–Crippen LogP) is 1.55. The molecule has 2 atom stereocenters. The van der Waals surface area contributed by atoms with Crippen LogP contribution in [0.15, 0.2) is 36.9 Å². The van der Waals surface area contributed by atoms with Crippen LogP contribution < -0.4 is 5.48 Å². The minimum atomic E-state index is -1.28. The van der Waals surface area contributed by atoms with E-state index in [0.29, 0.717) is 11.1 Å². The van der Waals surface area contributed by atoms with Crippen molar-refractivity contribution < 1.29 is 24.6 Å². The first-order valence-electron chi connectivity index (χ1n) is 6.35. The van der Waals surface area contributed by atoms with Gasteiger partial charge in [0.15, 0.2) is 6.04 Å². The topological polar surface area (TPSA) is 99.1 Å². The van der Waals surface area contributed by atoms with E-state index in [0.717, 1.165) is 4.90 Å². The molecule has 0 unspecified atom stereocenters. The van der Waals surface area contributed by atoms with Crippen LogP contribution in [-0.2, 0) is 9.63 Å². The summed E-state index contributed by atoms with van der Waals surface area (Å²) < 4.78 is 0. The van der Waals surface area contributed by atoms with Gasteiger partial charge in [-0.1, -0.05) is 30.3 Å². The molecule has 3 N–H and O–H groups in total. The Morgan fingerprint density at radius 2 is 2.05 bits per heavy atom. The Morgan fingerprint density at radius 3 is 2.62 bits per heavy atom. The third-order valence-electron chi connectivity index (χ3n) is 3.26. The van der Waals surface area contributed by atoms with Gasteiger partial charge in [-0.25, -0.2) is 9.59 Å². The molecule has 112 valence electrons. The van der Waals surface area contributed by atoms with Crippen LogP contribution in [0.1, 0.15) is 23.2 Å². The summed E-state index contributed by atoms with van der Waals surface area (Å²) in [5.41, 5.74) is 3.91. The lowest BCUT2D eigenvalue weighted by Gasteiger charge is -2.37. The van der Waals surface area contributed by atoms with Gasteiger partial charge in [-0.2, -0.15) is 5.48 Å². The molecule has 1 aromatic carbocycles. The van der Waals surface area contributed by atoms with Crippen LogP contribution in [0.5, 0.6) is 0 Å². The highest BCUT2D eigenvalue weighted by Gasteiger charge is 2.40. The largest absolute Gasteiger partial charge is 0.479 e. The predicted molar refractivity (Wildman–Crippen MR) is 73.6 cm³/mol. The fourth-order valence-corrected chi connectivity index (χ4v) is 2.41. The molecule has 1 heterocycles. The minimum Gasteiger partial charge on any atom is -0.479 e. The van der Waals surface area contributed by atoms with Gasteiger partial charge in [-0.3, -0.25) is 9.74 Å². The van der Waals surface area contributed by atoms with E-state index in [9.17, 15) is 19.8 Å². The molecular weight excluding hydrogens is 276 g/mol. The summed E-state index contributed by atoms with van der Waals surface area (Å²) in [4.78, 5) is 28.8. The van der Waals surface area contributed by atoms with E-state index >= 15 is 0 Å². The van der Waals surface area contributed by atoms with Crippen molar-refractivity contribution in [2.75, 3.05) is 13.2 Å². The van der Waals surface area contributed by atoms with Crippen LogP contribution in [0.4, 0.5) is 4.79 Å². The standard InChI is InChI=1S/C14H16N2O5/c1-2-7-21-15-11-8-16(14(19)20)12(13(17)18)10-6-4-3-5-9(10)11/h2-6,11-12,15H,1,7-8H2,(H,17,18)(H,19,20)/t11-,12-/m1/s1. The second kappa shape index (κ2) is 6.38. The first-order valence-corrected chi connectivity index (χ1v) is 6.35. The molecule has 0 bridgehead atoms. The SMILES string of the molecule is C=CCON[C@@H]1CN(C(=O)O)[C@@H](C(=O)O)c2ccccc21. The van der Waals surface area contributed by atoms with E-state index in [-0.39, 0.29) is 13.2 Å². The Hall–Kier alpha value is -2.38. The van der Waals surface area contributed by atoms with E-state index in [1.807, 2.05) is 0 Å². The quantitative estimate of drug-likeness (QED) is 0.432. The number of aliphatic carboxylic acids is 1. The summed E-state index contributed by atoms with van der Waals surface area (Å²) in [6, 6.07) is 5.19. The number of rotatable bonds is 5. The van der Waals surface area contributed by atoms with Crippen molar-refractivity contribution in [2.45, 2.75) is 12.1 Å². The van der Waals surface area contributed by atoms with Gasteiger partial charge in [0.1, 0.15) is 0 Å². The zero-order valence-electron chi connectivity index (χ0n) is 11.2. The number of hydrogen-bond donors (Lipinski definition) is 3. The maximum Gasteiger partial charge on any atom is 0.408 e. The molecule has 0 radical (unpaired) electrons.